The van der Waals surface area contributed by atoms with Crippen molar-refractivity contribution in [1.29, 1.82) is 0 Å². The van der Waals surface area contributed by atoms with Gasteiger partial charge in [-0.25, -0.2) is 13.4 Å². The second-order valence-electron chi connectivity index (χ2n) is 7.88. The zero-order chi connectivity index (χ0) is 20.8. The van der Waals surface area contributed by atoms with Gasteiger partial charge in [-0.05, 0) is 51.8 Å². The molecule has 4 rings (SSSR count). The van der Waals surface area contributed by atoms with E-state index in [1.807, 2.05) is 13.0 Å². The zero-order valence-electron chi connectivity index (χ0n) is 17.2. The first-order valence-corrected chi connectivity index (χ1v) is 12.5. The van der Waals surface area contributed by atoms with Crippen molar-refractivity contribution in [1.82, 2.24) is 9.99 Å². The molecule has 2 aliphatic rings. The molecule has 1 saturated heterocycles. The van der Waals surface area contributed by atoms with Crippen LogP contribution in [0.3, 0.4) is 0 Å². The molecule has 2 aliphatic heterocycles. The number of hydrogen-bond acceptors (Lipinski definition) is 5. The second-order valence-corrected chi connectivity index (χ2v) is 11.1. The minimum Gasteiger partial charge on any atom is -0.344 e. The Kier molecular flexibility index (Phi) is 5.33. The molecule has 0 aliphatic carbocycles. The molecular weight excluding hydrogens is 404 g/mol. The highest BCUT2D eigenvalue weighted by molar-refractivity contribution is 8.14. The number of hydrazone groups is 1. The number of sulfone groups is 1. The summed E-state index contributed by atoms with van der Waals surface area (Å²) in [6.45, 7) is 8.23. The Bertz CT molecular complexity index is 1130. The lowest BCUT2D eigenvalue weighted by atomic mass is 10.1. The molecule has 0 spiro atoms. The Morgan fingerprint density at radius 3 is 2.62 bits per heavy atom. The van der Waals surface area contributed by atoms with Crippen molar-refractivity contribution in [2.24, 2.45) is 10.1 Å². The van der Waals surface area contributed by atoms with E-state index in [4.69, 9.17) is 4.99 Å². The Morgan fingerprint density at radius 1 is 1.21 bits per heavy atom. The molecule has 29 heavy (non-hydrogen) atoms. The summed E-state index contributed by atoms with van der Waals surface area (Å²) >= 11 is 1.63. The van der Waals surface area contributed by atoms with Crippen LogP contribution in [-0.4, -0.2) is 41.1 Å². The number of hydrogen-bond donors (Lipinski definition) is 1. The number of nitrogens with one attached hydrogen (secondary N) is 1. The zero-order valence-corrected chi connectivity index (χ0v) is 18.8. The average molecular weight is 431 g/mol. The number of amidine groups is 1. The van der Waals surface area contributed by atoms with Gasteiger partial charge < -0.3 is 4.57 Å². The number of nitrogens with zero attached hydrogens (tertiary/aromatic N) is 3. The van der Waals surface area contributed by atoms with Crippen LogP contribution >= 0.6 is 11.8 Å². The lowest BCUT2D eigenvalue weighted by Crippen LogP contribution is -2.25. The van der Waals surface area contributed by atoms with Crippen LogP contribution in [0.25, 0.3) is 0 Å². The summed E-state index contributed by atoms with van der Waals surface area (Å²) in [7, 11) is -2.92. The van der Waals surface area contributed by atoms with E-state index >= 15 is 0 Å². The molecule has 154 valence electrons. The summed E-state index contributed by atoms with van der Waals surface area (Å²) in [6.07, 6.45) is 0.685. The quantitative estimate of drug-likeness (QED) is 0.803. The number of rotatable bonds is 3. The third kappa shape index (κ3) is 4.14. The van der Waals surface area contributed by atoms with Gasteiger partial charge >= 0.3 is 0 Å². The summed E-state index contributed by atoms with van der Waals surface area (Å²) in [4.78, 5) is 4.70. The predicted octanol–water partition coefficient (Wildman–Crippen LogP) is 3.81. The van der Waals surface area contributed by atoms with Gasteiger partial charge in [0, 0.05) is 28.7 Å². The minimum atomic E-state index is -2.92. The van der Waals surface area contributed by atoms with Crippen LogP contribution in [0.1, 0.15) is 40.5 Å². The molecular formula is C21H26N4O2S2. The van der Waals surface area contributed by atoms with E-state index in [1.165, 1.54) is 5.56 Å². The van der Waals surface area contributed by atoms with Crippen molar-refractivity contribution in [3.8, 4) is 0 Å². The summed E-state index contributed by atoms with van der Waals surface area (Å²) in [5, 5.41) is 5.37. The standard InChI is InChI=1S/C21H26N4O2S2/c1-13-5-6-19(14(2)9-13)22-21-24-23-20(11-28-21)18-10-15(3)25(16(18)4)17-7-8-29(26,27)12-17/h5-6,9-10,17H,7-8,11-12H2,1-4H3,(H,22,24). The van der Waals surface area contributed by atoms with E-state index in [0.29, 0.717) is 6.42 Å². The van der Waals surface area contributed by atoms with Crippen LogP contribution in [0.2, 0.25) is 0 Å². The number of aromatic nitrogens is 1. The van der Waals surface area contributed by atoms with Crippen LogP contribution in [-0.2, 0) is 9.84 Å². The Morgan fingerprint density at radius 2 is 2.00 bits per heavy atom. The fourth-order valence-electron chi connectivity index (χ4n) is 4.16. The van der Waals surface area contributed by atoms with Crippen molar-refractivity contribution < 1.29 is 8.42 Å². The molecule has 1 unspecified atom stereocenters. The van der Waals surface area contributed by atoms with E-state index in [1.54, 1.807) is 11.8 Å². The number of aliphatic imine (C=N–C) groups is 1. The van der Waals surface area contributed by atoms with Crippen molar-refractivity contribution >= 4 is 38.2 Å². The van der Waals surface area contributed by atoms with E-state index in [9.17, 15) is 8.42 Å². The highest BCUT2D eigenvalue weighted by Crippen LogP contribution is 2.30. The van der Waals surface area contributed by atoms with Gasteiger partial charge in [-0.3, -0.25) is 5.43 Å². The highest BCUT2D eigenvalue weighted by Gasteiger charge is 2.31. The van der Waals surface area contributed by atoms with Crippen LogP contribution in [0.5, 0.6) is 0 Å². The molecule has 1 fully saturated rings. The second kappa shape index (κ2) is 7.65. The van der Waals surface area contributed by atoms with Crippen molar-refractivity contribution in [3.05, 3.63) is 52.3 Å². The molecule has 0 amide bonds. The fraction of sp³-hybridized carbons (Fsp3) is 0.429. The molecule has 1 atom stereocenters. The smallest absolute Gasteiger partial charge is 0.182 e. The van der Waals surface area contributed by atoms with E-state index in [-0.39, 0.29) is 17.5 Å². The van der Waals surface area contributed by atoms with Crippen molar-refractivity contribution in [2.45, 2.75) is 40.2 Å². The van der Waals surface area contributed by atoms with Crippen LogP contribution in [0.4, 0.5) is 5.69 Å². The molecule has 0 saturated carbocycles. The lowest BCUT2D eigenvalue weighted by molar-refractivity contribution is 0.535. The molecule has 0 radical (unpaired) electrons. The van der Waals surface area contributed by atoms with Crippen molar-refractivity contribution in [3.63, 3.8) is 0 Å². The maximum absolute atomic E-state index is 11.9. The van der Waals surface area contributed by atoms with Crippen LogP contribution in [0, 0.1) is 27.7 Å². The molecule has 3 heterocycles. The van der Waals surface area contributed by atoms with E-state index in [0.717, 1.165) is 44.8 Å². The third-order valence-electron chi connectivity index (χ3n) is 5.58. The Balaban J connectivity index is 1.56. The summed E-state index contributed by atoms with van der Waals surface area (Å²) in [5.41, 5.74) is 10.6. The van der Waals surface area contributed by atoms with Gasteiger partial charge in [-0.1, -0.05) is 29.5 Å². The molecule has 6 nitrogen and oxygen atoms in total. The first-order chi connectivity index (χ1) is 13.7. The molecule has 8 heteroatoms. The molecule has 1 aromatic carbocycles. The first-order valence-electron chi connectivity index (χ1n) is 9.74. The lowest BCUT2D eigenvalue weighted by Gasteiger charge is -2.18. The van der Waals surface area contributed by atoms with Gasteiger partial charge in [0.2, 0.25) is 0 Å². The van der Waals surface area contributed by atoms with E-state index < -0.39 is 9.84 Å². The van der Waals surface area contributed by atoms with Gasteiger partial charge in [-0.15, -0.1) is 0 Å². The number of aryl methyl sites for hydroxylation is 3. The average Bonchev–Trinajstić information content (AvgIpc) is 3.16. The van der Waals surface area contributed by atoms with Gasteiger partial charge in [0.05, 0.1) is 22.9 Å². The van der Waals surface area contributed by atoms with Crippen molar-refractivity contribution in [2.75, 3.05) is 17.3 Å². The van der Waals surface area contributed by atoms with Crippen LogP contribution in [0.15, 0.2) is 34.4 Å². The summed E-state index contributed by atoms with van der Waals surface area (Å²) in [6, 6.07) is 8.36. The molecule has 1 aromatic heterocycles. The predicted molar refractivity (Wildman–Crippen MR) is 121 cm³/mol. The van der Waals surface area contributed by atoms with Gasteiger partial charge in [0.15, 0.2) is 15.0 Å². The normalized spacial score (nSPS) is 22.6. The molecule has 1 N–H and O–H groups in total. The highest BCUT2D eigenvalue weighted by atomic mass is 32.2. The first kappa shape index (κ1) is 20.2. The van der Waals surface area contributed by atoms with Gasteiger partial charge in [-0.2, -0.15) is 5.10 Å². The SMILES string of the molecule is Cc1ccc(N=C2NN=C(c3cc(C)n(C4CCS(=O)(=O)C4)c3C)CS2)c(C)c1. The molecule has 2 aromatic rings. The largest absolute Gasteiger partial charge is 0.344 e. The monoisotopic (exact) mass is 430 g/mol. The Labute approximate surface area is 176 Å². The third-order valence-corrected chi connectivity index (χ3v) is 8.20. The Hall–Kier alpha value is -2.06. The van der Waals surface area contributed by atoms with E-state index in [2.05, 4.69) is 54.1 Å². The number of thioether (sulfide) groups is 1. The summed E-state index contributed by atoms with van der Waals surface area (Å²) in [5.74, 6) is 1.24. The maximum Gasteiger partial charge on any atom is 0.182 e. The van der Waals surface area contributed by atoms with Gasteiger partial charge in [0.25, 0.3) is 0 Å². The van der Waals surface area contributed by atoms with Gasteiger partial charge in [0.1, 0.15) is 0 Å². The maximum atomic E-state index is 11.9. The number of benzene rings is 1. The fourth-order valence-corrected chi connectivity index (χ4v) is 6.63. The van der Waals surface area contributed by atoms with Crippen LogP contribution < -0.4 is 5.43 Å². The topological polar surface area (TPSA) is 75.8 Å². The summed E-state index contributed by atoms with van der Waals surface area (Å²) < 4.78 is 26.0. The molecule has 0 bridgehead atoms. The minimum absolute atomic E-state index is 0.0280.